The van der Waals surface area contributed by atoms with E-state index in [0.29, 0.717) is 0 Å². The highest BCUT2D eigenvalue weighted by atomic mass is 32.1. The van der Waals surface area contributed by atoms with Gasteiger partial charge in [-0.25, -0.2) is 9.97 Å². The van der Waals surface area contributed by atoms with Crippen LogP contribution in [0, 0.1) is 0 Å². The van der Waals surface area contributed by atoms with Gasteiger partial charge in [-0.05, 0) is 24.3 Å². The predicted octanol–water partition coefficient (Wildman–Crippen LogP) is 4.44. The molecule has 1 fully saturated rings. The summed E-state index contributed by atoms with van der Waals surface area (Å²) in [6, 6.07) is 7.71. The molecular formula is C20H20N4O2S2. The van der Waals surface area contributed by atoms with Gasteiger partial charge in [0, 0.05) is 50.0 Å². The molecule has 0 unspecified atom stereocenters. The first-order chi connectivity index (χ1) is 13.8. The Morgan fingerprint density at radius 2 is 1.21 bits per heavy atom. The van der Waals surface area contributed by atoms with Crippen LogP contribution in [-0.4, -0.2) is 45.9 Å². The minimum absolute atomic E-state index is 0.846. The van der Waals surface area contributed by atoms with Crippen LogP contribution in [0.4, 0.5) is 0 Å². The maximum atomic E-state index is 5.44. The fraction of sp³-hybridized carbons (Fsp3) is 0.300. The lowest BCUT2D eigenvalue weighted by atomic mass is 10.3. The van der Waals surface area contributed by atoms with Crippen molar-refractivity contribution in [3.05, 3.63) is 58.9 Å². The molecule has 0 N–H and O–H groups in total. The summed E-state index contributed by atoms with van der Waals surface area (Å²) < 4.78 is 10.9. The van der Waals surface area contributed by atoms with E-state index in [4.69, 9.17) is 18.8 Å². The van der Waals surface area contributed by atoms with Gasteiger partial charge in [-0.2, -0.15) is 0 Å². The molecule has 1 aliphatic rings. The molecule has 1 aliphatic heterocycles. The molecule has 0 saturated carbocycles. The summed E-state index contributed by atoms with van der Waals surface area (Å²) in [4.78, 5) is 14.4. The minimum Gasteiger partial charge on any atom is -0.462 e. The Hall–Kier alpha value is -2.26. The normalized spacial score (nSPS) is 16.0. The average molecular weight is 413 g/mol. The summed E-state index contributed by atoms with van der Waals surface area (Å²) in [6.45, 7) is 5.96. The largest absolute Gasteiger partial charge is 0.462 e. The van der Waals surface area contributed by atoms with Crippen molar-refractivity contribution >= 4 is 22.7 Å². The van der Waals surface area contributed by atoms with Crippen LogP contribution in [0.15, 0.2) is 56.4 Å². The van der Waals surface area contributed by atoms with E-state index in [1.165, 1.54) is 0 Å². The van der Waals surface area contributed by atoms with Crippen LogP contribution in [-0.2, 0) is 13.1 Å². The maximum absolute atomic E-state index is 5.44. The third-order valence-electron chi connectivity index (χ3n) is 4.80. The standard InChI is InChI=1S/C20H20N4O2S2/c1-3-17(25-9-1)19-21-15(13-27-19)11-23-5-7-24(8-6-23)12-16-14-28-20(22-16)18-4-2-10-26-18/h1-4,9-10,13-14H,5-8,11-12H2. The van der Waals surface area contributed by atoms with Crippen LogP contribution in [0.25, 0.3) is 21.5 Å². The summed E-state index contributed by atoms with van der Waals surface area (Å²) in [6.07, 6.45) is 3.38. The van der Waals surface area contributed by atoms with Gasteiger partial charge in [0.05, 0.1) is 23.9 Å². The van der Waals surface area contributed by atoms with E-state index in [-0.39, 0.29) is 0 Å². The SMILES string of the molecule is c1coc(-c2nc(CN3CCN(Cc4csc(-c5ccco5)n4)CC3)cs2)c1. The van der Waals surface area contributed by atoms with Crippen LogP contribution in [0.2, 0.25) is 0 Å². The fourth-order valence-corrected chi connectivity index (χ4v) is 4.90. The van der Waals surface area contributed by atoms with Gasteiger partial charge in [-0.1, -0.05) is 0 Å². The van der Waals surface area contributed by atoms with E-state index in [1.807, 2.05) is 24.3 Å². The molecule has 4 aromatic rings. The second kappa shape index (κ2) is 8.00. The van der Waals surface area contributed by atoms with Gasteiger partial charge < -0.3 is 8.83 Å². The topological polar surface area (TPSA) is 58.5 Å². The van der Waals surface area contributed by atoms with Gasteiger partial charge in [-0.3, -0.25) is 9.80 Å². The van der Waals surface area contributed by atoms with E-state index in [9.17, 15) is 0 Å². The van der Waals surface area contributed by atoms with E-state index >= 15 is 0 Å². The Balaban J connectivity index is 1.13. The van der Waals surface area contributed by atoms with Gasteiger partial charge in [0.1, 0.15) is 0 Å². The highest BCUT2D eigenvalue weighted by molar-refractivity contribution is 7.13. The molecule has 1 saturated heterocycles. The van der Waals surface area contributed by atoms with Crippen LogP contribution in [0.5, 0.6) is 0 Å². The number of nitrogens with zero attached hydrogens (tertiary/aromatic N) is 4. The van der Waals surface area contributed by atoms with Gasteiger partial charge in [-0.15, -0.1) is 22.7 Å². The Bertz CT molecular complexity index is 917. The van der Waals surface area contributed by atoms with Crippen LogP contribution in [0.1, 0.15) is 11.4 Å². The molecule has 0 atom stereocenters. The van der Waals surface area contributed by atoms with Crippen molar-refractivity contribution in [2.24, 2.45) is 0 Å². The smallest absolute Gasteiger partial charge is 0.162 e. The summed E-state index contributed by atoms with van der Waals surface area (Å²) in [5.41, 5.74) is 2.24. The highest BCUT2D eigenvalue weighted by Crippen LogP contribution is 2.26. The van der Waals surface area contributed by atoms with Gasteiger partial charge in [0.15, 0.2) is 21.5 Å². The van der Waals surface area contributed by atoms with E-state index < -0.39 is 0 Å². The fourth-order valence-electron chi connectivity index (χ4n) is 3.35. The summed E-state index contributed by atoms with van der Waals surface area (Å²) >= 11 is 3.29. The Labute approximate surface area is 171 Å². The minimum atomic E-state index is 0.846. The van der Waals surface area contributed by atoms with Crippen molar-refractivity contribution in [3.8, 4) is 21.5 Å². The van der Waals surface area contributed by atoms with Gasteiger partial charge in [0.2, 0.25) is 0 Å². The molecule has 0 aromatic carbocycles. The number of rotatable bonds is 6. The molecule has 6 nitrogen and oxygen atoms in total. The molecule has 28 heavy (non-hydrogen) atoms. The van der Waals surface area contributed by atoms with Crippen LogP contribution >= 0.6 is 22.7 Å². The molecule has 144 valence electrons. The summed E-state index contributed by atoms with van der Waals surface area (Å²) in [7, 11) is 0. The molecule has 0 amide bonds. The zero-order valence-electron chi connectivity index (χ0n) is 15.3. The zero-order chi connectivity index (χ0) is 18.8. The van der Waals surface area contributed by atoms with Gasteiger partial charge in [0.25, 0.3) is 0 Å². The second-order valence-corrected chi connectivity index (χ2v) is 8.51. The van der Waals surface area contributed by atoms with Crippen molar-refractivity contribution in [2.45, 2.75) is 13.1 Å². The predicted molar refractivity (Wildman–Crippen MR) is 110 cm³/mol. The lowest BCUT2D eigenvalue weighted by Gasteiger charge is -2.33. The Kier molecular flexibility index (Phi) is 5.09. The Morgan fingerprint density at radius 1 is 0.750 bits per heavy atom. The summed E-state index contributed by atoms with van der Waals surface area (Å²) in [5, 5.41) is 6.18. The molecule has 8 heteroatoms. The first-order valence-corrected chi connectivity index (χ1v) is 11.0. The molecular weight excluding hydrogens is 392 g/mol. The number of aromatic nitrogens is 2. The third kappa shape index (κ3) is 3.95. The van der Waals surface area contributed by atoms with E-state index in [0.717, 1.165) is 72.2 Å². The van der Waals surface area contributed by atoms with E-state index in [2.05, 4.69) is 20.6 Å². The number of piperazine rings is 1. The molecule has 5 rings (SSSR count). The second-order valence-electron chi connectivity index (χ2n) is 6.79. The first kappa shape index (κ1) is 17.8. The highest BCUT2D eigenvalue weighted by Gasteiger charge is 2.19. The first-order valence-electron chi connectivity index (χ1n) is 9.25. The molecule has 0 bridgehead atoms. The number of hydrogen-bond donors (Lipinski definition) is 0. The lowest BCUT2D eigenvalue weighted by Crippen LogP contribution is -2.45. The molecule has 4 aromatic heterocycles. The third-order valence-corrected chi connectivity index (χ3v) is 6.61. The monoisotopic (exact) mass is 412 g/mol. The van der Waals surface area contributed by atoms with Crippen LogP contribution in [0.3, 0.4) is 0 Å². The van der Waals surface area contributed by atoms with Crippen molar-refractivity contribution in [1.29, 1.82) is 0 Å². The quantitative estimate of drug-likeness (QED) is 0.467. The maximum Gasteiger partial charge on any atom is 0.162 e. The van der Waals surface area contributed by atoms with Gasteiger partial charge >= 0.3 is 0 Å². The number of furan rings is 2. The number of thiazole rings is 2. The molecule has 0 radical (unpaired) electrons. The van der Waals surface area contributed by atoms with Crippen molar-refractivity contribution < 1.29 is 8.83 Å². The number of hydrogen-bond acceptors (Lipinski definition) is 8. The van der Waals surface area contributed by atoms with Crippen molar-refractivity contribution in [3.63, 3.8) is 0 Å². The average Bonchev–Trinajstić information content (AvgIpc) is 3.50. The summed E-state index contributed by atoms with van der Waals surface area (Å²) in [5.74, 6) is 1.69. The zero-order valence-corrected chi connectivity index (χ0v) is 16.9. The lowest BCUT2D eigenvalue weighted by molar-refractivity contribution is 0.120. The van der Waals surface area contributed by atoms with E-state index in [1.54, 1.807) is 35.2 Å². The van der Waals surface area contributed by atoms with Crippen LogP contribution < -0.4 is 0 Å². The molecule has 0 aliphatic carbocycles. The van der Waals surface area contributed by atoms with Crippen molar-refractivity contribution in [1.82, 2.24) is 19.8 Å². The molecule has 5 heterocycles. The Morgan fingerprint density at radius 3 is 1.61 bits per heavy atom. The molecule has 0 spiro atoms. The van der Waals surface area contributed by atoms with Crippen molar-refractivity contribution in [2.75, 3.05) is 26.2 Å².